The Labute approximate surface area is 118 Å². The highest BCUT2D eigenvalue weighted by Gasteiger charge is 2.28. The largest absolute Gasteiger partial charge is 0.508 e. The van der Waals surface area contributed by atoms with Crippen LogP contribution in [0.2, 0.25) is 0 Å². The predicted octanol–water partition coefficient (Wildman–Crippen LogP) is 2.42. The number of amides is 1. The Morgan fingerprint density at radius 2 is 1.85 bits per heavy atom. The average molecular weight is 279 g/mol. The number of phenolic OH excluding ortho intramolecular Hbond substituents is 1. The zero-order chi connectivity index (χ0) is 15.5. The molecule has 1 rings (SSSR count). The molecule has 20 heavy (non-hydrogen) atoms. The predicted molar refractivity (Wildman–Crippen MR) is 75.9 cm³/mol. The molecular formula is C15H21NO4. The number of carboxylic acids is 1. The minimum Gasteiger partial charge on any atom is -0.508 e. The first kappa shape index (κ1) is 16.0. The highest BCUT2D eigenvalue weighted by Crippen LogP contribution is 2.22. The summed E-state index contributed by atoms with van der Waals surface area (Å²) in [5.41, 5.74) is 0.666. The van der Waals surface area contributed by atoms with Crippen LogP contribution in [0.1, 0.15) is 43.1 Å². The third-order valence-corrected chi connectivity index (χ3v) is 3.04. The van der Waals surface area contributed by atoms with Gasteiger partial charge in [0, 0.05) is 17.6 Å². The van der Waals surface area contributed by atoms with Gasteiger partial charge in [0.25, 0.3) is 5.91 Å². The Kier molecular flexibility index (Phi) is 4.76. The minimum atomic E-state index is -0.936. The zero-order valence-electron chi connectivity index (χ0n) is 12.3. The molecule has 5 nitrogen and oxygen atoms in total. The molecule has 1 aromatic carbocycles. The third kappa shape index (κ3) is 3.98. The smallest absolute Gasteiger partial charge is 0.305 e. The van der Waals surface area contributed by atoms with Crippen molar-refractivity contribution in [3.05, 3.63) is 29.3 Å². The molecule has 0 heterocycles. The lowest BCUT2D eigenvalue weighted by Gasteiger charge is -2.36. The molecule has 1 amide bonds. The molecule has 0 saturated carbocycles. The lowest BCUT2D eigenvalue weighted by molar-refractivity contribution is -0.137. The molecule has 0 unspecified atom stereocenters. The van der Waals surface area contributed by atoms with Crippen LogP contribution in [-0.2, 0) is 4.79 Å². The van der Waals surface area contributed by atoms with Gasteiger partial charge < -0.3 is 15.1 Å². The van der Waals surface area contributed by atoms with Gasteiger partial charge in [0.05, 0.1) is 6.42 Å². The number of carbonyl (C=O) groups is 2. The topological polar surface area (TPSA) is 77.8 Å². The molecule has 0 saturated heterocycles. The fourth-order valence-electron chi connectivity index (χ4n) is 1.98. The second kappa shape index (κ2) is 5.94. The second-order valence-electron chi connectivity index (χ2n) is 5.77. The maximum atomic E-state index is 12.6. The van der Waals surface area contributed by atoms with Crippen LogP contribution < -0.4 is 0 Å². The number of phenols is 1. The van der Waals surface area contributed by atoms with Crippen LogP contribution in [-0.4, -0.2) is 39.1 Å². The molecule has 110 valence electrons. The Morgan fingerprint density at radius 1 is 1.25 bits per heavy atom. The summed E-state index contributed by atoms with van der Waals surface area (Å²) in [7, 11) is 0. The maximum absolute atomic E-state index is 12.6. The van der Waals surface area contributed by atoms with Crippen LogP contribution in [0.25, 0.3) is 0 Å². The van der Waals surface area contributed by atoms with Crippen molar-refractivity contribution in [2.75, 3.05) is 6.54 Å². The first-order chi connectivity index (χ1) is 9.12. The first-order valence-electron chi connectivity index (χ1n) is 6.46. The highest BCUT2D eigenvalue weighted by molar-refractivity contribution is 5.96. The minimum absolute atomic E-state index is 0.0971. The van der Waals surface area contributed by atoms with E-state index in [0.717, 1.165) is 0 Å². The molecule has 0 aliphatic carbocycles. The van der Waals surface area contributed by atoms with Crippen LogP contribution in [0, 0.1) is 6.92 Å². The van der Waals surface area contributed by atoms with E-state index in [4.69, 9.17) is 5.11 Å². The van der Waals surface area contributed by atoms with Gasteiger partial charge in [-0.05, 0) is 51.5 Å². The normalized spacial score (nSPS) is 11.2. The van der Waals surface area contributed by atoms with Gasteiger partial charge >= 0.3 is 5.97 Å². The molecule has 0 aromatic heterocycles. The number of carbonyl (C=O) groups excluding carboxylic acids is 1. The van der Waals surface area contributed by atoms with Crippen molar-refractivity contribution >= 4 is 11.9 Å². The van der Waals surface area contributed by atoms with Gasteiger partial charge in [0.15, 0.2) is 0 Å². The Hall–Kier alpha value is -2.04. The number of aryl methyl sites for hydroxylation is 1. The molecule has 0 radical (unpaired) electrons. The number of rotatable bonds is 4. The summed E-state index contributed by atoms with van der Waals surface area (Å²) in [6.45, 7) is 7.48. The van der Waals surface area contributed by atoms with E-state index in [2.05, 4.69) is 0 Å². The Morgan fingerprint density at radius 3 is 2.30 bits per heavy atom. The molecule has 0 aliphatic heterocycles. The fourth-order valence-corrected chi connectivity index (χ4v) is 1.98. The molecule has 0 bridgehead atoms. The molecular weight excluding hydrogens is 258 g/mol. The SMILES string of the molecule is Cc1cc(O)ccc1C(=O)N(CCC(=O)O)C(C)(C)C. The van der Waals surface area contributed by atoms with Crippen molar-refractivity contribution < 1.29 is 19.8 Å². The summed E-state index contributed by atoms with van der Waals surface area (Å²) in [6, 6.07) is 4.54. The molecule has 1 aromatic rings. The van der Waals surface area contributed by atoms with E-state index in [1.165, 1.54) is 12.1 Å². The van der Waals surface area contributed by atoms with Gasteiger partial charge in [-0.15, -0.1) is 0 Å². The van der Waals surface area contributed by atoms with Gasteiger partial charge in [0.1, 0.15) is 5.75 Å². The number of carboxylic acid groups (broad SMARTS) is 1. The number of aromatic hydroxyl groups is 1. The van der Waals surface area contributed by atoms with E-state index in [0.29, 0.717) is 11.1 Å². The quantitative estimate of drug-likeness (QED) is 0.887. The Balaban J connectivity index is 3.07. The summed E-state index contributed by atoms with van der Waals surface area (Å²) in [4.78, 5) is 24.9. The van der Waals surface area contributed by atoms with Crippen LogP contribution in [0.4, 0.5) is 0 Å². The second-order valence-corrected chi connectivity index (χ2v) is 5.77. The van der Waals surface area contributed by atoms with E-state index < -0.39 is 11.5 Å². The van der Waals surface area contributed by atoms with E-state index in [-0.39, 0.29) is 24.6 Å². The highest BCUT2D eigenvalue weighted by atomic mass is 16.4. The summed E-state index contributed by atoms with van der Waals surface area (Å²) < 4.78 is 0. The number of nitrogens with zero attached hydrogens (tertiary/aromatic N) is 1. The van der Waals surface area contributed by atoms with E-state index >= 15 is 0 Å². The molecule has 0 spiro atoms. The lowest BCUT2D eigenvalue weighted by Crippen LogP contribution is -2.46. The summed E-state index contributed by atoms with van der Waals surface area (Å²) in [6.07, 6.45) is -0.0971. The van der Waals surface area contributed by atoms with Gasteiger partial charge in [-0.2, -0.15) is 0 Å². The Bertz CT molecular complexity index is 517. The van der Waals surface area contributed by atoms with Crippen molar-refractivity contribution in [1.29, 1.82) is 0 Å². The van der Waals surface area contributed by atoms with E-state index in [1.807, 2.05) is 20.8 Å². The molecule has 2 N–H and O–H groups in total. The zero-order valence-corrected chi connectivity index (χ0v) is 12.3. The van der Waals surface area contributed by atoms with Crippen LogP contribution in [0.3, 0.4) is 0 Å². The van der Waals surface area contributed by atoms with Crippen molar-refractivity contribution in [3.63, 3.8) is 0 Å². The maximum Gasteiger partial charge on any atom is 0.305 e. The molecule has 0 fully saturated rings. The van der Waals surface area contributed by atoms with Gasteiger partial charge in [0.2, 0.25) is 0 Å². The van der Waals surface area contributed by atoms with Gasteiger partial charge in [-0.25, -0.2) is 0 Å². The van der Waals surface area contributed by atoms with Crippen molar-refractivity contribution in [3.8, 4) is 5.75 Å². The number of benzene rings is 1. The van der Waals surface area contributed by atoms with Gasteiger partial charge in [-0.1, -0.05) is 0 Å². The van der Waals surface area contributed by atoms with Gasteiger partial charge in [-0.3, -0.25) is 9.59 Å². The molecule has 0 atom stereocenters. The van der Waals surface area contributed by atoms with Crippen molar-refractivity contribution in [2.24, 2.45) is 0 Å². The lowest BCUT2D eigenvalue weighted by atomic mass is 10.0. The number of hydrogen-bond donors (Lipinski definition) is 2. The van der Waals surface area contributed by atoms with Crippen LogP contribution >= 0.6 is 0 Å². The number of hydrogen-bond acceptors (Lipinski definition) is 3. The standard InChI is InChI=1S/C15H21NO4/c1-10-9-11(17)5-6-12(10)14(20)16(15(2,3)4)8-7-13(18)19/h5-6,9,17H,7-8H2,1-4H3,(H,18,19). The van der Waals surface area contributed by atoms with E-state index in [9.17, 15) is 14.7 Å². The summed E-state index contributed by atoms with van der Waals surface area (Å²) in [5.74, 6) is -1.06. The van der Waals surface area contributed by atoms with Crippen LogP contribution in [0.5, 0.6) is 5.75 Å². The molecule has 0 aliphatic rings. The van der Waals surface area contributed by atoms with Crippen molar-refractivity contribution in [2.45, 2.75) is 39.7 Å². The third-order valence-electron chi connectivity index (χ3n) is 3.04. The summed E-state index contributed by atoms with van der Waals surface area (Å²) in [5, 5.41) is 18.2. The summed E-state index contributed by atoms with van der Waals surface area (Å²) >= 11 is 0. The van der Waals surface area contributed by atoms with E-state index in [1.54, 1.807) is 17.9 Å². The monoisotopic (exact) mass is 279 g/mol. The first-order valence-corrected chi connectivity index (χ1v) is 6.46. The molecule has 5 heteroatoms. The fraction of sp³-hybridized carbons (Fsp3) is 0.467. The average Bonchev–Trinajstić information content (AvgIpc) is 2.26. The number of aliphatic carboxylic acids is 1. The van der Waals surface area contributed by atoms with Crippen LogP contribution in [0.15, 0.2) is 18.2 Å². The van der Waals surface area contributed by atoms with Crippen molar-refractivity contribution in [1.82, 2.24) is 4.90 Å².